The van der Waals surface area contributed by atoms with Crippen molar-refractivity contribution in [3.8, 4) is 0 Å². The lowest BCUT2D eigenvalue weighted by Gasteiger charge is -2.16. The van der Waals surface area contributed by atoms with Gasteiger partial charge in [0.25, 0.3) is 0 Å². The Morgan fingerprint density at radius 1 is 1.35 bits per heavy atom. The topological polar surface area (TPSA) is 47.6 Å². The number of nitrogens with one attached hydrogen (secondary N) is 1. The molecule has 1 N–H and O–H groups in total. The van der Waals surface area contributed by atoms with Gasteiger partial charge in [0, 0.05) is 25.3 Å². The Morgan fingerprint density at radius 2 is 2.06 bits per heavy atom. The van der Waals surface area contributed by atoms with Crippen LogP contribution in [0.25, 0.3) is 0 Å². The fourth-order valence-corrected chi connectivity index (χ4v) is 1.65. The Bertz CT molecular complexity index is 233. The lowest BCUT2D eigenvalue weighted by atomic mass is 10.1. The molecule has 17 heavy (non-hydrogen) atoms. The first kappa shape index (κ1) is 16.1. The molecule has 0 bridgehead atoms. The van der Waals surface area contributed by atoms with Crippen molar-refractivity contribution >= 4 is 5.97 Å². The number of esters is 1. The van der Waals surface area contributed by atoms with Gasteiger partial charge in [-0.1, -0.05) is 26.3 Å². The summed E-state index contributed by atoms with van der Waals surface area (Å²) in [5, 5.41) is 3.36. The Balaban J connectivity index is 4.13. The molecule has 0 radical (unpaired) electrons. The van der Waals surface area contributed by atoms with E-state index in [0.29, 0.717) is 31.2 Å². The average Bonchev–Trinajstić information content (AvgIpc) is 2.34. The van der Waals surface area contributed by atoms with Crippen LogP contribution in [0.3, 0.4) is 0 Å². The van der Waals surface area contributed by atoms with E-state index in [2.05, 4.69) is 12.2 Å². The number of hydrogen-bond acceptors (Lipinski definition) is 4. The molecule has 0 aromatic rings. The molecule has 100 valence electrons. The highest BCUT2D eigenvalue weighted by atomic mass is 16.5. The maximum atomic E-state index is 11.3. The van der Waals surface area contributed by atoms with Gasteiger partial charge >= 0.3 is 5.97 Å². The van der Waals surface area contributed by atoms with Crippen molar-refractivity contribution in [1.29, 1.82) is 0 Å². The molecule has 0 saturated heterocycles. The van der Waals surface area contributed by atoms with Gasteiger partial charge in [-0.25, -0.2) is 4.79 Å². The zero-order chi connectivity index (χ0) is 13.1. The summed E-state index contributed by atoms with van der Waals surface area (Å²) in [5.74, 6) is -0.243. The first-order chi connectivity index (χ1) is 8.19. The van der Waals surface area contributed by atoms with Crippen molar-refractivity contribution in [2.24, 2.45) is 0 Å². The second kappa shape index (κ2) is 10.3. The number of carbonyl (C=O) groups is 1. The van der Waals surface area contributed by atoms with Gasteiger partial charge in [0.15, 0.2) is 0 Å². The predicted molar refractivity (Wildman–Crippen MR) is 69.0 cm³/mol. The fraction of sp³-hybridized carbons (Fsp3) is 0.769. The largest absolute Gasteiger partial charge is 0.466 e. The van der Waals surface area contributed by atoms with Gasteiger partial charge in [-0.15, -0.1) is 0 Å². The minimum Gasteiger partial charge on any atom is -0.466 e. The molecule has 0 aromatic carbocycles. The van der Waals surface area contributed by atoms with Crippen molar-refractivity contribution in [3.05, 3.63) is 11.6 Å². The van der Waals surface area contributed by atoms with Crippen molar-refractivity contribution < 1.29 is 14.3 Å². The van der Waals surface area contributed by atoms with Crippen LogP contribution < -0.4 is 5.32 Å². The van der Waals surface area contributed by atoms with Crippen molar-refractivity contribution in [1.82, 2.24) is 5.32 Å². The molecule has 0 aromatic heterocycles. The van der Waals surface area contributed by atoms with E-state index in [4.69, 9.17) is 9.47 Å². The summed E-state index contributed by atoms with van der Waals surface area (Å²) in [7, 11) is 3.11. The van der Waals surface area contributed by atoms with E-state index >= 15 is 0 Å². The smallest absolute Gasteiger partial charge is 0.333 e. The quantitative estimate of drug-likeness (QED) is 0.496. The lowest BCUT2D eigenvalue weighted by Crippen LogP contribution is -2.33. The molecule has 0 aliphatic heterocycles. The van der Waals surface area contributed by atoms with Crippen LogP contribution in [0.5, 0.6) is 0 Å². The zero-order valence-electron chi connectivity index (χ0n) is 11.4. The highest BCUT2D eigenvalue weighted by Crippen LogP contribution is 2.03. The Hall–Kier alpha value is -0.870. The second-order valence-electron chi connectivity index (χ2n) is 3.92. The summed E-state index contributed by atoms with van der Waals surface area (Å²) in [4.78, 5) is 11.3. The highest BCUT2D eigenvalue weighted by molar-refractivity contribution is 5.88. The first-order valence-electron chi connectivity index (χ1n) is 6.19. The monoisotopic (exact) mass is 243 g/mol. The number of rotatable bonds is 9. The third-order valence-corrected chi connectivity index (χ3v) is 2.59. The standard InChI is InChI=1S/C13H25NO3/c1-5-7-12(10-16-3)14-9-8-11(6-2)13(15)17-4/h8,12,14H,5-7,9-10H2,1-4H3/b11-8-. The molecule has 1 atom stereocenters. The fourth-order valence-electron chi connectivity index (χ4n) is 1.65. The van der Waals surface area contributed by atoms with E-state index in [-0.39, 0.29) is 5.97 Å². The Morgan fingerprint density at radius 3 is 2.53 bits per heavy atom. The third-order valence-electron chi connectivity index (χ3n) is 2.59. The van der Waals surface area contributed by atoms with Gasteiger partial charge in [0.2, 0.25) is 0 Å². The molecule has 0 saturated carbocycles. The average molecular weight is 243 g/mol. The van der Waals surface area contributed by atoms with Crippen LogP contribution in [-0.4, -0.2) is 39.4 Å². The molecule has 4 nitrogen and oxygen atoms in total. The van der Waals surface area contributed by atoms with Gasteiger partial charge in [0.05, 0.1) is 13.7 Å². The molecule has 0 amide bonds. The van der Waals surface area contributed by atoms with Crippen LogP contribution in [0.15, 0.2) is 11.6 Å². The summed E-state index contributed by atoms with van der Waals surface area (Å²) in [5.41, 5.74) is 0.715. The molecule has 0 aliphatic rings. The molecule has 4 heteroatoms. The van der Waals surface area contributed by atoms with E-state index in [1.54, 1.807) is 7.11 Å². The normalized spacial score (nSPS) is 13.5. The van der Waals surface area contributed by atoms with Crippen LogP contribution in [0, 0.1) is 0 Å². The summed E-state index contributed by atoms with van der Waals surface area (Å²) in [6, 6.07) is 0.344. The second-order valence-corrected chi connectivity index (χ2v) is 3.92. The van der Waals surface area contributed by atoms with Gasteiger partial charge in [-0.05, 0) is 12.8 Å². The van der Waals surface area contributed by atoms with E-state index < -0.39 is 0 Å². The number of hydrogen-bond donors (Lipinski definition) is 1. The highest BCUT2D eigenvalue weighted by Gasteiger charge is 2.08. The van der Waals surface area contributed by atoms with E-state index in [0.717, 1.165) is 12.8 Å². The van der Waals surface area contributed by atoms with Crippen LogP contribution in [-0.2, 0) is 14.3 Å². The Labute approximate surface area is 104 Å². The third kappa shape index (κ3) is 7.13. The van der Waals surface area contributed by atoms with E-state index in [9.17, 15) is 4.79 Å². The summed E-state index contributed by atoms with van der Waals surface area (Å²) < 4.78 is 9.83. The first-order valence-corrected chi connectivity index (χ1v) is 6.19. The SMILES string of the molecule is CCCC(COC)NC/C=C(/CC)C(=O)OC. The van der Waals surface area contributed by atoms with Gasteiger partial charge < -0.3 is 14.8 Å². The van der Waals surface area contributed by atoms with Crippen molar-refractivity contribution in [3.63, 3.8) is 0 Å². The van der Waals surface area contributed by atoms with Crippen LogP contribution >= 0.6 is 0 Å². The molecular formula is C13H25NO3. The Kier molecular flexibility index (Phi) is 9.77. The van der Waals surface area contributed by atoms with Gasteiger partial charge in [-0.2, -0.15) is 0 Å². The molecule has 0 aliphatic carbocycles. The molecule has 0 rings (SSSR count). The van der Waals surface area contributed by atoms with Crippen LogP contribution in [0.4, 0.5) is 0 Å². The van der Waals surface area contributed by atoms with Crippen LogP contribution in [0.1, 0.15) is 33.1 Å². The van der Waals surface area contributed by atoms with Gasteiger partial charge in [-0.3, -0.25) is 0 Å². The predicted octanol–water partition coefficient (Wildman–Crippen LogP) is 1.90. The molecule has 0 fully saturated rings. The number of methoxy groups -OCH3 is 2. The maximum Gasteiger partial charge on any atom is 0.333 e. The van der Waals surface area contributed by atoms with E-state index in [1.807, 2.05) is 13.0 Å². The minimum absolute atomic E-state index is 0.243. The number of carbonyl (C=O) groups excluding carboxylic acids is 1. The molecule has 0 spiro atoms. The molecule has 0 heterocycles. The molecule has 1 unspecified atom stereocenters. The summed E-state index contributed by atoms with van der Waals surface area (Å²) in [6.07, 6.45) is 4.77. The van der Waals surface area contributed by atoms with Crippen LogP contribution in [0.2, 0.25) is 0 Å². The van der Waals surface area contributed by atoms with Gasteiger partial charge in [0.1, 0.15) is 0 Å². The zero-order valence-corrected chi connectivity index (χ0v) is 11.4. The van der Waals surface area contributed by atoms with E-state index in [1.165, 1.54) is 7.11 Å². The van der Waals surface area contributed by atoms with Crippen molar-refractivity contribution in [2.75, 3.05) is 27.4 Å². The number of ether oxygens (including phenoxy) is 2. The maximum absolute atomic E-state index is 11.3. The summed E-state index contributed by atoms with van der Waals surface area (Å²) in [6.45, 7) is 5.46. The lowest BCUT2D eigenvalue weighted by molar-refractivity contribution is -0.136. The van der Waals surface area contributed by atoms with Crippen molar-refractivity contribution in [2.45, 2.75) is 39.2 Å². The molecular weight excluding hydrogens is 218 g/mol. The minimum atomic E-state index is -0.243. The summed E-state index contributed by atoms with van der Waals surface area (Å²) >= 11 is 0.